The molecule has 0 saturated carbocycles. The lowest BCUT2D eigenvalue weighted by atomic mass is 10.2. The van der Waals surface area contributed by atoms with Crippen molar-refractivity contribution in [1.82, 2.24) is 4.90 Å². The minimum Gasteiger partial charge on any atom is -0.468 e. The van der Waals surface area contributed by atoms with Crippen molar-refractivity contribution in [1.29, 1.82) is 0 Å². The number of nitrogens with zero attached hydrogens (tertiary/aromatic N) is 1. The van der Waals surface area contributed by atoms with Gasteiger partial charge < -0.3 is 9.47 Å². The van der Waals surface area contributed by atoms with Crippen LogP contribution < -0.4 is 0 Å². The van der Waals surface area contributed by atoms with Crippen molar-refractivity contribution in [3.05, 3.63) is 12.7 Å². The van der Waals surface area contributed by atoms with Gasteiger partial charge in [-0.05, 0) is 6.92 Å². The Hall–Kier alpha value is -1.36. The van der Waals surface area contributed by atoms with E-state index in [0.29, 0.717) is 0 Å². The molecule has 0 aliphatic carbocycles. The fourth-order valence-corrected chi connectivity index (χ4v) is 0.954. The molecule has 86 valence electrons. The Morgan fingerprint density at radius 1 is 1.27 bits per heavy atom. The van der Waals surface area contributed by atoms with E-state index in [4.69, 9.17) is 0 Å². The average molecular weight is 215 g/mol. The summed E-state index contributed by atoms with van der Waals surface area (Å²) in [7, 11) is 2.61. The standard InChI is InChI=1S/C10H17NO4/c1-5-8(2)11(6-9(12)14-3)7-10(13)15-4/h5,8H,1,6-7H2,2-4H3. The van der Waals surface area contributed by atoms with Crippen molar-refractivity contribution < 1.29 is 19.1 Å². The van der Waals surface area contributed by atoms with Gasteiger partial charge in [0.15, 0.2) is 0 Å². The van der Waals surface area contributed by atoms with Crippen molar-refractivity contribution in [2.24, 2.45) is 0 Å². The van der Waals surface area contributed by atoms with Crippen molar-refractivity contribution in [2.75, 3.05) is 27.3 Å². The summed E-state index contributed by atoms with van der Waals surface area (Å²) in [4.78, 5) is 23.7. The summed E-state index contributed by atoms with van der Waals surface area (Å²) in [5, 5.41) is 0. The summed E-state index contributed by atoms with van der Waals surface area (Å²) < 4.78 is 9.05. The van der Waals surface area contributed by atoms with E-state index in [1.165, 1.54) is 14.2 Å². The van der Waals surface area contributed by atoms with Crippen molar-refractivity contribution >= 4 is 11.9 Å². The molecule has 0 amide bonds. The highest BCUT2D eigenvalue weighted by atomic mass is 16.5. The van der Waals surface area contributed by atoms with E-state index >= 15 is 0 Å². The molecule has 0 aromatic heterocycles. The highest BCUT2D eigenvalue weighted by molar-refractivity contribution is 5.75. The summed E-state index contributed by atoms with van der Waals surface area (Å²) in [6.45, 7) is 5.51. The Bertz CT molecular complexity index is 222. The quantitative estimate of drug-likeness (QED) is 0.468. The second-order valence-corrected chi connectivity index (χ2v) is 3.03. The molecule has 0 aliphatic heterocycles. The first-order valence-corrected chi connectivity index (χ1v) is 4.55. The van der Waals surface area contributed by atoms with Gasteiger partial charge in [-0.3, -0.25) is 14.5 Å². The molecule has 0 aromatic carbocycles. The van der Waals surface area contributed by atoms with Gasteiger partial charge in [0.25, 0.3) is 0 Å². The largest absolute Gasteiger partial charge is 0.468 e. The first-order valence-electron chi connectivity index (χ1n) is 4.55. The third-order valence-corrected chi connectivity index (χ3v) is 2.04. The van der Waals surface area contributed by atoms with Crippen LogP contribution in [0, 0.1) is 0 Å². The Balaban J connectivity index is 4.37. The van der Waals surface area contributed by atoms with E-state index < -0.39 is 11.9 Å². The molecular formula is C10H17NO4. The predicted octanol–water partition coefficient (Wildman–Crippen LogP) is 0.209. The van der Waals surface area contributed by atoms with E-state index in [9.17, 15) is 9.59 Å². The Labute approximate surface area is 89.6 Å². The number of methoxy groups -OCH3 is 2. The van der Waals surface area contributed by atoms with E-state index in [-0.39, 0.29) is 19.1 Å². The number of hydrogen-bond donors (Lipinski definition) is 0. The normalized spacial score (nSPS) is 12.0. The third-order valence-electron chi connectivity index (χ3n) is 2.04. The average Bonchev–Trinajstić information content (AvgIpc) is 2.26. The molecule has 0 aliphatic rings. The second kappa shape index (κ2) is 7.00. The summed E-state index contributed by atoms with van der Waals surface area (Å²) in [5.74, 6) is -0.791. The molecule has 0 spiro atoms. The van der Waals surface area contributed by atoms with Crippen LogP contribution in [-0.2, 0) is 19.1 Å². The van der Waals surface area contributed by atoms with Crippen LogP contribution in [0.25, 0.3) is 0 Å². The maximum atomic E-state index is 11.1. The van der Waals surface area contributed by atoms with Gasteiger partial charge in [-0.25, -0.2) is 0 Å². The number of carbonyl (C=O) groups excluding carboxylic acids is 2. The van der Waals surface area contributed by atoms with Gasteiger partial charge in [0.05, 0.1) is 27.3 Å². The molecule has 0 heterocycles. The summed E-state index contributed by atoms with van der Waals surface area (Å²) in [6, 6.07) is -0.0943. The summed E-state index contributed by atoms with van der Waals surface area (Å²) in [6.07, 6.45) is 1.64. The van der Waals surface area contributed by atoms with E-state index in [1.807, 2.05) is 6.92 Å². The highest BCUT2D eigenvalue weighted by Crippen LogP contribution is 2.00. The topological polar surface area (TPSA) is 55.8 Å². The molecule has 0 radical (unpaired) electrons. The molecule has 1 atom stereocenters. The number of esters is 2. The maximum Gasteiger partial charge on any atom is 0.319 e. The minimum atomic E-state index is -0.396. The van der Waals surface area contributed by atoms with Gasteiger partial charge in [0, 0.05) is 6.04 Å². The van der Waals surface area contributed by atoms with Gasteiger partial charge in [-0.15, -0.1) is 6.58 Å². The lowest BCUT2D eigenvalue weighted by molar-refractivity contribution is -0.146. The summed E-state index contributed by atoms with van der Waals surface area (Å²) in [5.41, 5.74) is 0. The van der Waals surface area contributed by atoms with Crippen molar-refractivity contribution in [2.45, 2.75) is 13.0 Å². The molecule has 0 fully saturated rings. The molecule has 5 nitrogen and oxygen atoms in total. The molecule has 0 rings (SSSR count). The molecule has 0 N–H and O–H groups in total. The zero-order valence-electron chi connectivity index (χ0n) is 9.36. The van der Waals surface area contributed by atoms with Crippen LogP contribution >= 0.6 is 0 Å². The van der Waals surface area contributed by atoms with Gasteiger partial charge >= 0.3 is 11.9 Å². The van der Waals surface area contributed by atoms with Crippen LogP contribution in [0.4, 0.5) is 0 Å². The Morgan fingerprint density at radius 2 is 1.67 bits per heavy atom. The van der Waals surface area contributed by atoms with Crippen LogP contribution in [0.2, 0.25) is 0 Å². The van der Waals surface area contributed by atoms with Crippen molar-refractivity contribution in [3.8, 4) is 0 Å². The number of hydrogen-bond acceptors (Lipinski definition) is 5. The van der Waals surface area contributed by atoms with Crippen LogP contribution in [-0.4, -0.2) is 50.2 Å². The van der Waals surface area contributed by atoms with Crippen LogP contribution in [0.1, 0.15) is 6.92 Å². The number of ether oxygens (including phenoxy) is 2. The van der Waals surface area contributed by atoms with E-state index in [1.54, 1.807) is 11.0 Å². The second-order valence-electron chi connectivity index (χ2n) is 3.03. The number of rotatable bonds is 6. The predicted molar refractivity (Wildman–Crippen MR) is 55.3 cm³/mol. The van der Waals surface area contributed by atoms with Crippen LogP contribution in [0.5, 0.6) is 0 Å². The maximum absolute atomic E-state index is 11.1. The molecule has 1 unspecified atom stereocenters. The minimum absolute atomic E-state index is 0.0405. The Morgan fingerprint density at radius 3 is 1.93 bits per heavy atom. The number of carbonyl (C=O) groups is 2. The molecule has 0 aromatic rings. The smallest absolute Gasteiger partial charge is 0.319 e. The fraction of sp³-hybridized carbons (Fsp3) is 0.600. The van der Waals surface area contributed by atoms with E-state index in [2.05, 4.69) is 16.1 Å². The van der Waals surface area contributed by atoms with Gasteiger partial charge in [0.2, 0.25) is 0 Å². The van der Waals surface area contributed by atoms with Gasteiger partial charge in [-0.1, -0.05) is 6.08 Å². The molecule has 0 bridgehead atoms. The van der Waals surface area contributed by atoms with Crippen LogP contribution in [0.15, 0.2) is 12.7 Å². The first-order chi connectivity index (χ1) is 7.04. The fourth-order valence-electron chi connectivity index (χ4n) is 0.954. The monoisotopic (exact) mass is 215 g/mol. The van der Waals surface area contributed by atoms with Crippen LogP contribution in [0.3, 0.4) is 0 Å². The molecule has 15 heavy (non-hydrogen) atoms. The van der Waals surface area contributed by atoms with E-state index in [0.717, 1.165) is 0 Å². The van der Waals surface area contributed by atoms with Gasteiger partial charge in [0.1, 0.15) is 0 Å². The SMILES string of the molecule is C=CC(C)N(CC(=O)OC)CC(=O)OC. The Kier molecular flexibility index (Phi) is 6.37. The zero-order valence-corrected chi connectivity index (χ0v) is 9.36. The van der Waals surface area contributed by atoms with Crippen molar-refractivity contribution in [3.63, 3.8) is 0 Å². The lowest BCUT2D eigenvalue weighted by Gasteiger charge is -2.23. The first kappa shape index (κ1) is 13.6. The summed E-state index contributed by atoms with van der Waals surface area (Å²) >= 11 is 0. The molecule has 0 saturated heterocycles. The van der Waals surface area contributed by atoms with Gasteiger partial charge in [-0.2, -0.15) is 0 Å². The lowest BCUT2D eigenvalue weighted by Crippen LogP contribution is -2.40. The highest BCUT2D eigenvalue weighted by Gasteiger charge is 2.18. The zero-order chi connectivity index (χ0) is 11.8. The third kappa shape index (κ3) is 5.17. The molecule has 5 heteroatoms. The molecular weight excluding hydrogens is 198 g/mol.